The van der Waals surface area contributed by atoms with Crippen LogP contribution in [-0.2, 0) is 11.3 Å². The normalized spacial score (nSPS) is 15.9. The van der Waals surface area contributed by atoms with Crippen molar-refractivity contribution in [3.8, 4) is 5.75 Å². The zero-order valence-corrected chi connectivity index (χ0v) is 14.5. The number of rotatable bonds is 3. The fourth-order valence-corrected chi connectivity index (χ4v) is 3.05. The number of carbonyl (C=O) groups excluding carboxylic acids is 1. The van der Waals surface area contributed by atoms with Crippen LogP contribution in [0.4, 0.5) is 5.69 Å². The summed E-state index contributed by atoms with van der Waals surface area (Å²) in [6.07, 6.45) is 0. The summed E-state index contributed by atoms with van der Waals surface area (Å²) < 4.78 is 6.71. The number of hydrogen-bond acceptors (Lipinski definition) is 3. The molecule has 0 aromatic heterocycles. The topological polar surface area (TPSA) is 41.6 Å². The summed E-state index contributed by atoms with van der Waals surface area (Å²) in [5.41, 5.74) is 1.91. The molecule has 0 aliphatic carbocycles. The monoisotopic (exact) mass is 374 g/mol. The van der Waals surface area contributed by atoms with Gasteiger partial charge < -0.3 is 10.1 Å². The van der Waals surface area contributed by atoms with Crippen molar-refractivity contribution >= 4 is 27.5 Å². The van der Waals surface area contributed by atoms with Crippen molar-refractivity contribution in [2.24, 2.45) is 0 Å². The minimum Gasteiger partial charge on any atom is -0.492 e. The fraction of sp³-hybridized carbons (Fsp3) is 0.278. The van der Waals surface area contributed by atoms with Crippen LogP contribution in [0.5, 0.6) is 5.75 Å². The number of para-hydroxylation sites is 1. The molecule has 0 radical (unpaired) electrons. The van der Waals surface area contributed by atoms with E-state index in [1.807, 2.05) is 55.5 Å². The van der Waals surface area contributed by atoms with Crippen molar-refractivity contribution in [3.05, 3.63) is 58.6 Å². The summed E-state index contributed by atoms with van der Waals surface area (Å²) >= 11 is 3.42. The number of fused-ring (bicyclic) bond motifs is 1. The van der Waals surface area contributed by atoms with Gasteiger partial charge in [0, 0.05) is 28.8 Å². The summed E-state index contributed by atoms with van der Waals surface area (Å²) in [5.74, 6) is 0.900. The molecule has 1 aliphatic heterocycles. The van der Waals surface area contributed by atoms with Gasteiger partial charge in [0.15, 0.2) is 0 Å². The van der Waals surface area contributed by atoms with Crippen LogP contribution in [0.15, 0.2) is 53.0 Å². The molecule has 1 aliphatic rings. The average molecular weight is 375 g/mol. The number of nitrogens with zero attached hydrogens (tertiary/aromatic N) is 1. The molecule has 4 nitrogen and oxygen atoms in total. The largest absolute Gasteiger partial charge is 0.492 e. The van der Waals surface area contributed by atoms with Gasteiger partial charge in [0.2, 0.25) is 5.91 Å². The quantitative estimate of drug-likeness (QED) is 0.890. The SMILES string of the molecule is CC(C(=O)Nc1cccc(Br)c1)N1CCOc2ccccc2C1. The van der Waals surface area contributed by atoms with Gasteiger partial charge in [-0.2, -0.15) is 0 Å². The van der Waals surface area contributed by atoms with E-state index in [0.717, 1.165) is 28.0 Å². The van der Waals surface area contributed by atoms with Crippen molar-refractivity contribution < 1.29 is 9.53 Å². The fourth-order valence-electron chi connectivity index (χ4n) is 2.66. The molecule has 0 fully saturated rings. The number of hydrogen-bond donors (Lipinski definition) is 1. The number of ether oxygens (including phenoxy) is 1. The molecule has 23 heavy (non-hydrogen) atoms. The molecule has 1 N–H and O–H groups in total. The first-order valence-electron chi connectivity index (χ1n) is 7.64. The zero-order valence-electron chi connectivity index (χ0n) is 13.0. The van der Waals surface area contributed by atoms with Gasteiger partial charge in [0.1, 0.15) is 12.4 Å². The molecule has 2 aromatic rings. The second kappa shape index (κ2) is 7.15. The van der Waals surface area contributed by atoms with Crippen molar-refractivity contribution in [3.63, 3.8) is 0 Å². The van der Waals surface area contributed by atoms with E-state index in [-0.39, 0.29) is 11.9 Å². The van der Waals surface area contributed by atoms with Crippen LogP contribution >= 0.6 is 15.9 Å². The predicted molar refractivity (Wildman–Crippen MR) is 94.6 cm³/mol. The van der Waals surface area contributed by atoms with Crippen LogP contribution in [-0.4, -0.2) is 30.0 Å². The zero-order chi connectivity index (χ0) is 16.2. The first kappa shape index (κ1) is 16.0. The van der Waals surface area contributed by atoms with Gasteiger partial charge in [-0.05, 0) is 31.2 Å². The van der Waals surface area contributed by atoms with Gasteiger partial charge in [0.25, 0.3) is 0 Å². The average Bonchev–Trinajstić information content (AvgIpc) is 2.76. The molecule has 0 saturated carbocycles. The second-order valence-electron chi connectivity index (χ2n) is 5.60. The van der Waals surface area contributed by atoms with Gasteiger partial charge in [-0.25, -0.2) is 0 Å². The Hall–Kier alpha value is -1.85. The van der Waals surface area contributed by atoms with E-state index in [1.54, 1.807) is 0 Å². The predicted octanol–water partition coefficient (Wildman–Crippen LogP) is 3.67. The molecule has 0 bridgehead atoms. The lowest BCUT2D eigenvalue weighted by Gasteiger charge is -2.26. The lowest BCUT2D eigenvalue weighted by atomic mass is 10.1. The summed E-state index contributed by atoms with van der Waals surface area (Å²) in [6, 6.07) is 15.4. The van der Waals surface area contributed by atoms with Crippen molar-refractivity contribution in [2.75, 3.05) is 18.5 Å². The van der Waals surface area contributed by atoms with Gasteiger partial charge in [-0.1, -0.05) is 40.2 Å². The first-order chi connectivity index (χ1) is 11.1. The van der Waals surface area contributed by atoms with Crippen LogP contribution in [0.2, 0.25) is 0 Å². The van der Waals surface area contributed by atoms with E-state index >= 15 is 0 Å². The third-order valence-electron chi connectivity index (χ3n) is 4.00. The Kier molecular flexibility index (Phi) is 4.98. The number of carbonyl (C=O) groups is 1. The molecule has 120 valence electrons. The molecule has 0 spiro atoms. The Morgan fingerprint density at radius 2 is 2.09 bits per heavy atom. The highest BCUT2D eigenvalue weighted by atomic mass is 79.9. The van der Waals surface area contributed by atoms with Gasteiger partial charge in [-0.15, -0.1) is 0 Å². The van der Waals surface area contributed by atoms with E-state index in [2.05, 4.69) is 26.1 Å². The smallest absolute Gasteiger partial charge is 0.241 e. The lowest BCUT2D eigenvalue weighted by molar-refractivity contribution is -0.121. The molecule has 5 heteroatoms. The number of benzene rings is 2. The Bertz CT molecular complexity index is 705. The maximum atomic E-state index is 12.5. The van der Waals surface area contributed by atoms with Gasteiger partial charge in [-0.3, -0.25) is 9.69 Å². The number of nitrogens with one attached hydrogen (secondary N) is 1. The van der Waals surface area contributed by atoms with Crippen LogP contribution in [0.3, 0.4) is 0 Å². The van der Waals surface area contributed by atoms with Gasteiger partial charge >= 0.3 is 0 Å². The molecule has 0 saturated heterocycles. The van der Waals surface area contributed by atoms with Gasteiger partial charge in [0.05, 0.1) is 6.04 Å². The molecule has 2 aromatic carbocycles. The highest BCUT2D eigenvalue weighted by Gasteiger charge is 2.24. The molecule has 1 amide bonds. The van der Waals surface area contributed by atoms with Crippen molar-refractivity contribution in [1.29, 1.82) is 0 Å². The Morgan fingerprint density at radius 1 is 1.26 bits per heavy atom. The minimum atomic E-state index is -0.233. The van der Waals surface area contributed by atoms with E-state index in [9.17, 15) is 4.79 Å². The highest BCUT2D eigenvalue weighted by Crippen LogP contribution is 2.24. The standard InChI is InChI=1S/C18H19BrN2O2/c1-13(18(22)20-16-7-4-6-15(19)11-16)21-9-10-23-17-8-3-2-5-14(17)12-21/h2-8,11,13H,9-10,12H2,1H3,(H,20,22). The molecule has 1 unspecified atom stereocenters. The van der Waals surface area contributed by atoms with Crippen molar-refractivity contribution in [2.45, 2.75) is 19.5 Å². The summed E-state index contributed by atoms with van der Waals surface area (Å²) in [7, 11) is 0. The van der Waals surface area contributed by atoms with E-state index in [0.29, 0.717) is 13.2 Å². The van der Waals surface area contributed by atoms with E-state index < -0.39 is 0 Å². The lowest BCUT2D eigenvalue weighted by Crippen LogP contribution is -2.42. The molecule has 1 atom stereocenters. The molecular formula is C18H19BrN2O2. The second-order valence-corrected chi connectivity index (χ2v) is 6.52. The van der Waals surface area contributed by atoms with Crippen LogP contribution < -0.4 is 10.1 Å². The van der Waals surface area contributed by atoms with Crippen LogP contribution in [0, 0.1) is 0 Å². The summed E-state index contributed by atoms with van der Waals surface area (Å²) in [5, 5.41) is 2.97. The maximum Gasteiger partial charge on any atom is 0.241 e. The van der Waals surface area contributed by atoms with E-state index in [1.165, 1.54) is 0 Å². The molecular weight excluding hydrogens is 356 g/mol. The van der Waals surface area contributed by atoms with Crippen LogP contribution in [0.1, 0.15) is 12.5 Å². The van der Waals surface area contributed by atoms with Crippen molar-refractivity contribution in [1.82, 2.24) is 4.90 Å². The Balaban J connectivity index is 1.70. The summed E-state index contributed by atoms with van der Waals surface area (Å²) in [6.45, 7) is 3.96. The number of amides is 1. The molecule has 1 heterocycles. The minimum absolute atomic E-state index is 0.0116. The number of anilines is 1. The summed E-state index contributed by atoms with van der Waals surface area (Å²) in [4.78, 5) is 14.7. The van der Waals surface area contributed by atoms with Crippen LogP contribution in [0.25, 0.3) is 0 Å². The Morgan fingerprint density at radius 3 is 2.91 bits per heavy atom. The molecule has 3 rings (SSSR count). The highest BCUT2D eigenvalue weighted by molar-refractivity contribution is 9.10. The third kappa shape index (κ3) is 3.92. The van der Waals surface area contributed by atoms with E-state index in [4.69, 9.17) is 4.74 Å². The first-order valence-corrected chi connectivity index (χ1v) is 8.44. The third-order valence-corrected chi connectivity index (χ3v) is 4.49. The maximum absolute atomic E-state index is 12.5. The number of halogens is 1. The Labute approximate surface area is 144 Å².